The third-order valence-electron chi connectivity index (χ3n) is 3.59. The first-order valence-corrected chi connectivity index (χ1v) is 6.72. The van der Waals surface area contributed by atoms with Crippen molar-refractivity contribution in [1.29, 1.82) is 0 Å². The molecule has 0 unspecified atom stereocenters. The number of amides is 1. The summed E-state index contributed by atoms with van der Waals surface area (Å²) < 4.78 is 5.33. The Morgan fingerprint density at radius 3 is 2.79 bits per heavy atom. The Morgan fingerprint density at radius 2 is 2.16 bits per heavy atom. The first-order chi connectivity index (χ1) is 9.00. The highest BCUT2D eigenvalue weighted by Gasteiger charge is 2.27. The topological polar surface area (TPSA) is 58.6 Å². The monoisotopic (exact) mass is 283 g/mol. The zero-order valence-electron chi connectivity index (χ0n) is 10.9. The van der Waals surface area contributed by atoms with Gasteiger partial charge in [0, 0.05) is 25.3 Å². The van der Waals surface area contributed by atoms with E-state index in [1.165, 1.54) is 12.1 Å². The maximum Gasteiger partial charge on any atom is 0.251 e. The first-order valence-electron chi connectivity index (χ1n) is 6.35. The number of hydrogen-bond acceptors (Lipinski definition) is 3. The number of carbonyl (C=O) groups is 1. The van der Waals surface area contributed by atoms with Crippen molar-refractivity contribution in [3.63, 3.8) is 0 Å². The fourth-order valence-electron chi connectivity index (χ4n) is 2.08. The van der Waals surface area contributed by atoms with Gasteiger partial charge in [-0.25, -0.2) is 0 Å². The Hall–Kier alpha value is -1.26. The molecule has 0 atom stereocenters. The lowest BCUT2D eigenvalue weighted by Crippen LogP contribution is -2.39. The highest BCUT2D eigenvalue weighted by Crippen LogP contribution is 2.29. The smallest absolute Gasteiger partial charge is 0.251 e. The van der Waals surface area contributed by atoms with Crippen molar-refractivity contribution in [3.8, 4) is 5.75 Å². The highest BCUT2D eigenvalue weighted by molar-refractivity contribution is 6.32. The largest absolute Gasteiger partial charge is 0.506 e. The molecule has 1 aromatic rings. The van der Waals surface area contributed by atoms with Crippen LogP contribution in [-0.4, -0.2) is 30.8 Å². The van der Waals surface area contributed by atoms with E-state index in [4.69, 9.17) is 16.3 Å². The first kappa shape index (κ1) is 14.2. The summed E-state index contributed by atoms with van der Waals surface area (Å²) in [5, 5.41) is 12.4. The fraction of sp³-hybridized carbons (Fsp3) is 0.500. The van der Waals surface area contributed by atoms with Crippen LogP contribution in [0.1, 0.15) is 30.1 Å². The molecule has 1 heterocycles. The third kappa shape index (κ3) is 3.61. The standard InChI is InChI=1S/C14H18ClNO3/c1-14(4-6-19-7-5-14)9-16-13(18)10-2-3-12(17)11(15)8-10/h2-3,8,17H,4-7,9H2,1H3,(H,16,18). The summed E-state index contributed by atoms with van der Waals surface area (Å²) in [7, 11) is 0. The number of nitrogens with one attached hydrogen (secondary N) is 1. The average molecular weight is 284 g/mol. The Kier molecular flexibility index (Phi) is 4.32. The number of phenolic OH excluding ortho intramolecular Hbond substituents is 1. The van der Waals surface area contributed by atoms with Crippen LogP contribution in [0.3, 0.4) is 0 Å². The van der Waals surface area contributed by atoms with Gasteiger partial charge in [0.1, 0.15) is 5.75 Å². The van der Waals surface area contributed by atoms with Crippen LogP contribution in [0.5, 0.6) is 5.75 Å². The van der Waals surface area contributed by atoms with Gasteiger partial charge in [-0.1, -0.05) is 18.5 Å². The molecule has 4 nitrogen and oxygen atoms in total. The van der Waals surface area contributed by atoms with Crippen LogP contribution in [-0.2, 0) is 4.74 Å². The zero-order chi connectivity index (χ0) is 13.9. The van der Waals surface area contributed by atoms with Gasteiger partial charge in [0.2, 0.25) is 0 Å². The van der Waals surface area contributed by atoms with E-state index in [0.29, 0.717) is 12.1 Å². The van der Waals surface area contributed by atoms with E-state index >= 15 is 0 Å². The van der Waals surface area contributed by atoms with Crippen LogP contribution in [0.4, 0.5) is 0 Å². The molecule has 1 amide bonds. The SMILES string of the molecule is CC1(CNC(=O)c2ccc(O)c(Cl)c2)CCOCC1. The number of phenols is 1. The summed E-state index contributed by atoms with van der Waals surface area (Å²) in [6, 6.07) is 4.45. The molecule has 0 saturated carbocycles. The number of halogens is 1. The van der Waals surface area contributed by atoms with Crippen LogP contribution in [0.15, 0.2) is 18.2 Å². The van der Waals surface area contributed by atoms with E-state index in [9.17, 15) is 9.90 Å². The van der Waals surface area contributed by atoms with Crippen LogP contribution < -0.4 is 5.32 Å². The molecule has 104 valence electrons. The molecule has 1 aromatic carbocycles. The molecule has 1 fully saturated rings. The van der Waals surface area contributed by atoms with Gasteiger partial charge in [-0.2, -0.15) is 0 Å². The van der Waals surface area contributed by atoms with Crippen LogP contribution in [0.2, 0.25) is 5.02 Å². The second-order valence-corrected chi connectivity index (χ2v) is 5.68. The molecule has 1 aliphatic heterocycles. The van der Waals surface area contributed by atoms with Gasteiger partial charge in [0.15, 0.2) is 0 Å². The summed E-state index contributed by atoms with van der Waals surface area (Å²) in [5.74, 6) is -0.191. The second-order valence-electron chi connectivity index (χ2n) is 5.27. The highest BCUT2D eigenvalue weighted by atomic mass is 35.5. The van der Waals surface area contributed by atoms with Gasteiger partial charge in [0.05, 0.1) is 5.02 Å². The third-order valence-corrected chi connectivity index (χ3v) is 3.89. The molecular formula is C14H18ClNO3. The van der Waals surface area contributed by atoms with E-state index in [1.54, 1.807) is 6.07 Å². The molecule has 2 rings (SSSR count). The lowest BCUT2D eigenvalue weighted by molar-refractivity contribution is 0.0238. The Balaban J connectivity index is 1.95. The van der Waals surface area contributed by atoms with Crippen molar-refractivity contribution in [1.82, 2.24) is 5.32 Å². The second kappa shape index (κ2) is 5.80. The van der Waals surface area contributed by atoms with Crippen molar-refractivity contribution in [2.45, 2.75) is 19.8 Å². The molecule has 0 radical (unpaired) electrons. The molecule has 0 bridgehead atoms. The van der Waals surface area contributed by atoms with Gasteiger partial charge in [-0.05, 0) is 36.5 Å². The van der Waals surface area contributed by atoms with Crippen molar-refractivity contribution in [3.05, 3.63) is 28.8 Å². The molecule has 5 heteroatoms. The van der Waals surface area contributed by atoms with Crippen molar-refractivity contribution in [2.75, 3.05) is 19.8 Å². The Labute approximate surface area is 117 Å². The van der Waals surface area contributed by atoms with Gasteiger partial charge in [0.25, 0.3) is 5.91 Å². The van der Waals surface area contributed by atoms with E-state index in [-0.39, 0.29) is 22.1 Å². The predicted octanol–water partition coefficient (Wildman–Crippen LogP) is 2.59. The summed E-state index contributed by atoms with van der Waals surface area (Å²) in [6.07, 6.45) is 1.90. The maximum absolute atomic E-state index is 12.0. The number of benzene rings is 1. The zero-order valence-corrected chi connectivity index (χ0v) is 11.7. The number of carbonyl (C=O) groups excluding carboxylic acids is 1. The van der Waals surface area contributed by atoms with Gasteiger partial charge in [-0.15, -0.1) is 0 Å². The molecule has 0 spiro atoms. The van der Waals surface area contributed by atoms with Crippen LogP contribution >= 0.6 is 11.6 Å². The lowest BCUT2D eigenvalue weighted by Gasteiger charge is -2.33. The van der Waals surface area contributed by atoms with Gasteiger partial charge in [-0.3, -0.25) is 4.79 Å². The van der Waals surface area contributed by atoms with E-state index < -0.39 is 0 Å². The van der Waals surface area contributed by atoms with E-state index in [0.717, 1.165) is 26.1 Å². The average Bonchev–Trinajstić information content (AvgIpc) is 2.40. The number of aromatic hydroxyl groups is 1. The molecular weight excluding hydrogens is 266 g/mol. The number of rotatable bonds is 3. The molecule has 0 aromatic heterocycles. The predicted molar refractivity (Wildman–Crippen MR) is 73.6 cm³/mol. The normalized spacial score (nSPS) is 18.0. The summed E-state index contributed by atoms with van der Waals surface area (Å²) >= 11 is 5.79. The van der Waals surface area contributed by atoms with Gasteiger partial charge >= 0.3 is 0 Å². The number of hydrogen-bond donors (Lipinski definition) is 2. The molecule has 1 saturated heterocycles. The Morgan fingerprint density at radius 1 is 1.47 bits per heavy atom. The summed E-state index contributed by atoms with van der Waals surface area (Å²) in [6.45, 7) is 4.27. The van der Waals surface area contributed by atoms with E-state index in [2.05, 4.69) is 12.2 Å². The maximum atomic E-state index is 12.0. The minimum absolute atomic E-state index is 0.0189. The summed E-state index contributed by atoms with van der Waals surface area (Å²) in [4.78, 5) is 12.0. The van der Waals surface area contributed by atoms with Crippen LogP contribution in [0, 0.1) is 5.41 Å². The molecule has 2 N–H and O–H groups in total. The molecule has 1 aliphatic rings. The number of ether oxygens (including phenoxy) is 1. The van der Waals surface area contributed by atoms with Gasteiger partial charge < -0.3 is 15.2 Å². The van der Waals surface area contributed by atoms with Crippen molar-refractivity contribution >= 4 is 17.5 Å². The van der Waals surface area contributed by atoms with Crippen LogP contribution in [0.25, 0.3) is 0 Å². The quantitative estimate of drug-likeness (QED) is 0.896. The van der Waals surface area contributed by atoms with Crippen molar-refractivity contribution in [2.24, 2.45) is 5.41 Å². The van der Waals surface area contributed by atoms with Crippen molar-refractivity contribution < 1.29 is 14.6 Å². The summed E-state index contributed by atoms with van der Waals surface area (Å²) in [5.41, 5.74) is 0.549. The molecule has 19 heavy (non-hydrogen) atoms. The minimum atomic E-state index is -0.172. The Bertz CT molecular complexity index is 470. The lowest BCUT2D eigenvalue weighted by atomic mass is 9.82. The van der Waals surface area contributed by atoms with E-state index in [1.807, 2.05) is 0 Å². The molecule has 0 aliphatic carbocycles. The minimum Gasteiger partial charge on any atom is -0.506 e. The fourth-order valence-corrected chi connectivity index (χ4v) is 2.27.